The Morgan fingerprint density at radius 2 is 2.04 bits per heavy atom. The number of halogens is 1. The molecule has 1 aliphatic heterocycles. The van der Waals surface area contributed by atoms with Crippen LogP contribution < -0.4 is 0 Å². The van der Waals surface area contributed by atoms with Crippen LogP contribution in [0, 0.1) is 11.7 Å². The van der Waals surface area contributed by atoms with Crippen LogP contribution >= 0.6 is 0 Å². The van der Waals surface area contributed by atoms with Crippen LogP contribution in [0.25, 0.3) is 11.3 Å². The lowest BCUT2D eigenvalue weighted by molar-refractivity contribution is -0.137. The number of likely N-dealkylation sites (tertiary alicyclic amines) is 1. The normalized spacial score (nSPS) is 15.7. The second-order valence-electron chi connectivity index (χ2n) is 6.25. The lowest BCUT2D eigenvalue weighted by atomic mass is 9.99. The molecule has 2 aromatic rings. The molecule has 24 heavy (non-hydrogen) atoms. The third-order valence-corrected chi connectivity index (χ3v) is 4.30. The van der Waals surface area contributed by atoms with Crippen LogP contribution in [0.2, 0.25) is 0 Å². The molecule has 0 N–H and O–H groups in total. The molecule has 0 bridgehead atoms. The van der Waals surface area contributed by atoms with Gasteiger partial charge in [-0.1, -0.05) is 12.1 Å². The molecule has 1 saturated heterocycles. The minimum atomic E-state index is -0.299. The van der Waals surface area contributed by atoms with Gasteiger partial charge in [-0.15, -0.1) is 0 Å². The zero-order valence-electron chi connectivity index (χ0n) is 13.7. The van der Waals surface area contributed by atoms with E-state index in [-0.39, 0.29) is 24.9 Å². The first kappa shape index (κ1) is 16.6. The summed E-state index contributed by atoms with van der Waals surface area (Å²) in [5.41, 5.74) is 1.35. The lowest BCUT2D eigenvalue weighted by Crippen LogP contribution is -2.39. The van der Waals surface area contributed by atoms with Gasteiger partial charge in [0.2, 0.25) is 5.91 Å². The van der Waals surface area contributed by atoms with Gasteiger partial charge in [0.05, 0.1) is 6.61 Å². The van der Waals surface area contributed by atoms with Gasteiger partial charge >= 0.3 is 0 Å². The van der Waals surface area contributed by atoms with Crippen molar-refractivity contribution in [2.75, 3.05) is 19.7 Å². The summed E-state index contributed by atoms with van der Waals surface area (Å²) in [6.07, 6.45) is 2.10. The number of hydrogen-bond donors (Lipinski definition) is 0. The fourth-order valence-electron chi connectivity index (χ4n) is 2.72. The molecule has 1 fully saturated rings. The number of amides is 1. The van der Waals surface area contributed by atoms with Gasteiger partial charge in [0, 0.05) is 24.7 Å². The maximum atomic E-state index is 12.9. The number of ether oxygens (including phenoxy) is 1. The minimum Gasteiger partial charge on any atom is -0.365 e. The number of piperidine rings is 1. The van der Waals surface area contributed by atoms with Crippen LogP contribution in [-0.2, 0) is 16.1 Å². The van der Waals surface area contributed by atoms with E-state index in [0.29, 0.717) is 17.4 Å². The van der Waals surface area contributed by atoms with Crippen molar-refractivity contribution in [3.63, 3.8) is 0 Å². The van der Waals surface area contributed by atoms with Crippen LogP contribution in [0.4, 0.5) is 4.39 Å². The van der Waals surface area contributed by atoms with Gasteiger partial charge in [-0.2, -0.15) is 0 Å². The summed E-state index contributed by atoms with van der Waals surface area (Å²) >= 11 is 0. The van der Waals surface area contributed by atoms with Crippen LogP contribution in [-0.4, -0.2) is 35.7 Å². The van der Waals surface area contributed by atoms with E-state index in [4.69, 9.17) is 9.26 Å². The highest BCUT2D eigenvalue weighted by Gasteiger charge is 2.20. The summed E-state index contributed by atoms with van der Waals surface area (Å²) in [5, 5.41) is 3.92. The first-order valence-electron chi connectivity index (χ1n) is 8.19. The number of aromatic nitrogens is 1. The number of nitrogens with zero attached hydrogens (tertiary/aromatic N) is 2. The Balaban J connectivity index is 1.47. The molecule has 0 unspecified atom stereocenters. The zero-order valence-corrected chi connectivity index (χ0v) is 13.7. The van der Waals surface area contributed by atoms with Gasteiger partial charge in [-0.3, -0.25) is 4.79 Å². The molecule has 1 amide bonds. The molecule has 1 aromatic heterocycles. The van der Waals surface area contributed by atoms with E-state index in [1.165, 1.54) is 12.1 Å². The number of carbonyl (C=O) groups is 1. The number of hydrogen-bond acceptors (Lipinski definition) is 4. The number of carbonyl (C=O) groups excluding carboxylic acids is 1. The van der Waals surface area contributed by atoms with Crippen molar-refractivity contribution in [3.8, 4) is 11.3 Å². The van der Waals surface area contributed by atoms with E-state index in [0.717, 1.165) is 31.5 Å². The Hall–Kier alpha value is -2.21. The van der Waals surface area contributed by atoms with E-state index in [1.807, 2.05) is 4.90 Å². The molecule has 1 aromatic carbocycles. The lowest BCUT2D eigenvalue weighted by Gasteiger charge is -2.30. The second kappa shape index (κ2) is 7.57. The Kier molecular flexibility index (Phi) is 5.25. The van der Waals surface area contributed by atoms with Crippen molar-refractivity contribution in [3.05, 3.63) is 41.8 Å². The van der Waals surface area contributed by atoms with Crippen molar-refractivity contribution in [1.82, 2.24) is 10.1 Å². The molecule has 3 rings (SSSR count). The molecule has 0 spiro atoms. The summed E-state index contributed by atoms with van der Waals surface area (Å²) in [7, 11) is 0. The van der Waals surface area contributed by atoms with E-state index in [1.54, 1.807) is 18.2 Å². The van der Waals surface area contributed by atoms with E-state index in [9.17, 15) is 9.18 Å². The van der Waals surface area contributed by atoms with E-state index < -0.39 is 0 Å². The maximum absolute atomic E-state index is 12.9. The topological polar surface area (TPSA) is 55.6 Å². The van der Waals surface area contributed by atoms with Gasteiger partial charge in [0.1, 0.15) is 18.1 Å². The smallest absolute Gasteiger partial charge is 0.248 e. The summed E-state index contributed by atoms with van der Waals surface area (Å²) in [4.78, 5) is 13.9. The van der Waals surface area contributed by atoms with Crippen molar-refractivity contribution in [2.45, 2.75) is 26.4 Å². The SMILES string of the molecule is CC1CCN(C(=O)COCc2cc(-c3ccc(F)cc3)on2)CC1. The van der Waals surface area contributed by atoms with Gasteiger partial charge in [0.25, 0.3) is 0 Å². The van der Waals surface area contributed by atoms with Crippen LogP contribution in [0.5, 0.6) is 0 Å². The Labute approximate surface area is 140 Å². The standard InChI is InChI=1S/C18H21FN2O3/c1-13-6-8-21(9-7-13)18(22)12-23-11-16-10-17(24-20-16)14-2-4-15(19)5-3-14/h2-5,10,13H,6-9,11-12H2,1H3. The summed E-state index contributed by atoms with van der Waals surface area (Å²) < 4.78 is 23.6. The Morgan fingerprint density at radius 1 is 1.33 bits per heavy atom. The minimum absolute atomic E-state index is 0.0177. The van der Waals surface area contributed by atoms with Crippen molar-refractivity contribution in [2.24, 2.45) is 5.92 Å². The summed E-state index contributed by atoms with van der Waals surface area (Å²) in [5.74, 6) is 0.955. The largest absolute Gasteiger partial charge is 0.365 e. The highest BCUT2D eigenvalue weighted by molar-refractivity contribution is 5.77. The number of rotatable bonds is 5. The highest BCUT2D eigenvalue weighted by Crippen LogP contribution is 2.21. The molecule has 6 heteroatoms. The van der Waals surface area contributed by atoms with Crippen molar-refractivity contribution < 1.29 is 18.4 Å². The van der Waals surface area contributed by atoms with Crippen LogP contribution in [0.1, 0.15) is 25.5 Å². The quantitative estimate of drug-likeness (QED) is 0.843. The fourth-order valence-corrected chi connectivity index (χ4v) is 2.72. The van der Waals surface area contributed by atoms with Crippen LogP contribution in [0.3, 0.4) is 0 Å². The van der Waals surface area contributed by atoms with Gasteiger partial charge in [-0.05, 0) is 43.0 Å². The molecule has 0 radical (unpaired) electrons. The monoisotopic (exact) mass is 332 g/mol. The molecule has 0 saturated carbocycles. The highest BCUT2D eigenvalue weighted by atomic mass is 19.1. The van der Waals surface area contributed by atoms with Gasteiger partial charge in [0.15, 0.2) is 5.76 Å². The molecular formula is C18H21FN2O3. The first-order valence-corrected chi connectivity index (χ1v) is 8.19. The van der Waals surface area contributed by atoms with Crippen molar-refractivity contribution in [1.29, 1.82) is 0 Å². The molecule has 1 aliphatic rings. The summed E-state index contributed by atoms with van der Waals surface area (Å²) in [6, 6.07) is 7.72. The average molecular weight is 332 g/mol. The van der Waals surface area contributed by atoms with Gasteiger partial charge < -0.3 is 14.2 Å². The average Bonchev–Trinajstić information content (AvgIpc) is 3.05. The van der Waals surface area contributed by atoms with E-state index >= 15 is 0 Å². The summed E-state index contributed by atoms with van der Waals surface area (Å²) in [6.45, 7) is 4.08. The Bertz CT molecular complexity index is 676. The third kappa shape index (κ3) is 4.20. The van der Waals surface area contributed by atoms with Crippen molar-refractivity contribution >= 4 is 5.91 Å². The fraction of sp³-hybridized carbons (Fsp3) is 0.444. The Morgan fingerprint density at radius 3 is 2.75 bits per heavy atom. The van der Waals surface area contributed by atoms with Crippen LogP contribution in [0.15, 0.2) is 34.9 Å². The molecule has 5 nitrogen and oxygen atoms in total. The molecule has 0 aliphatic carbocycles. The first-order chi connectivity index (χ1) is 11.6. The van der Waals surface area contributed by atoms with E-state index in [2.05, 4.69) is 12.1 Å². The predicted molar refractivity (Wildman–Crippen MR) is 86.5 cm³/mol. The molecule has 2 heterocycles. The van der Waals surface area contributed by atoms with Gasteiger partial charge in [-0.25, -0.2) is 4.39 Å². The second-order valence-corrected chi connectivity index (χ2v) is 6.25. The predicted octanol–water partition coefficient (Wildman–Crippen LogP) is 3.26. The zero-order chi connectivity index (χ0) is 16.9. The number of benzene rings is 1. The third-order valence-electron chi connectivity index (χ3n) is 4.30. The molecule has 0 atom stereocenters. The molecular weight excluding hydrogens is 311 g/mol. The maximum Gasteiger partial charge on any atom is 0.248 e. The molecule has 128 valence electrons.